The van der Waals surface area contributed by atoms with Gasteiger partial charge in [0.05, 0.1) is 5.69 Å². The van der Waals surface area contributed by atoms with Gasteiger partial charge in [0, 0.05) is 23.9 Å². The van der Waals surface area contributed by atoms with Crippen molar-refractivity contribution in [2.24, 2.45) is 0 Å². The number of rotatable bonds is 4. The molecule has 110 valence electrons. The number of nitrogens with zero attached hydrogens (tertiary/aromatic N) is 1. The normalized spacial score (nSPS) is 21.3. The Bertz CT molecular complexity index is 668. The summed E-state index contributed by atoms with van der Waals surface area (Å²) in [6.07, 6.45) is 1.95. The number of esters is 1. The Morgan fingerprint density at radius 2 is 2.24 bits per heavy atom. The highest BCUT2D eigenvalue weighted by Crippen LogP contribution is 2.41. The number of cyclic esters (lactones) is 1. The molecule has 21 heavy (non-hydrogen) atoms. The van der Waals surface area contributed by atoms with Gasteiger partial charge >= 0.3 is 5.97 Å². The zero-order chi connectivity index (χ0) is 14.9. The Kier molecular flexibility index (Phi) is 3.68. The van der Waals surface area contributed by atoms with Crippen LogP contribution in [-0.4, -0.2) is 11.0 Å². The fourth-order valence-electron chi connectivity index (χ4n) is 2.60. The van der Waals surface area contributed by atoms with Crippen LogP contribution < -0.4 is 5.32 Å². The molecule has 0 radical (unpaired) electrons. The van der Waals surface area contributed by atoms with E-state index in [1.54, 1.807) is 11.3 Å². The maximum Gasteiger partial charge on any atom is 0.306 e. The average molecular weight is 302 g/mol. The molecule has 1 aliphatic rings. The number of ether oxygens (including phenoxy) is 1. The van der Waals surface area contributed by atoms with Crippen molar-refractivity contribution in [3.05, 3.63) is 40.9 Å². The summed E-state index contributed by atoms with van der Waals surface area (Å²) >= 11 is 1.54. The van der Waals surface area contributed by atoms with Gasteiger partial charge in [0.1, 0.15) is 0 Å². The first-order valence-electron chi connectivity index (χ1n) is 7.13. The smallest absolute Gasteiger partial charge is 0.306 e. The van der Waals surface area contributed by atoms with E-state index in [2.05, 4.69) is 23.3 Å². The van der Waals surface area contributed by atoms with Crippen LogP contribution in [0.4, 0.5) is 10.8 Å². The van der Waals surface area contributed by atoms with Crippen LogP contribution in [0.15, 0.2) is 29.6 Å². The summed E-state index contributed by atoms with van der Waals surface area (Å²) in [4.78, 5) is 16.1. The predicted octanol–water partition coefficient (Wildman–Crippen LogP) is 4.14. The Balaban J connectivity index is 1.83. The molecule has 1 saturated heterocycles. The molecular weight excluding hydrogens is 284 g/mol. The second kappa shape index (κ2) is 5.48. The topological polar surface area (TPSA) is 51.2 Å². The number of carbonyl (C=O) groups excluding carboxylic acids is 1. The third-order valence-corrected chi connectivity index (χ3v) is 4.73. The second-order valence-electron chi connectivity index (χ2n) is 5.30. The average Bonchev–Trinajstić information content (AvgIpc) is 3.09. The largest absolute Gasteiger partial charge is 0.452 e. The number of nitrogens with one attached hydrogen (secondary N) is 1. The summed E-state index contributed by atoms with van der Waals surface area (Å²) < 4.78 is 5.55. The Morgan fingerprint density at radius 3 is 2.90 bits per heavy atom. The van der Waals surface area contributed by atoms with Crippen LogP contribution >= 0.6 is 11.3 Å². The van der Waals surface area contributed by atoms with E-state index in [1.807, 2.05) is 30.5 Å². The molecule has 1 aliphatic heterocycles. The Labute approximate surface area is 128 Å². The first-order valence-corrected chi connectivity index (χ1v) is 8.01. The molecule has 0 amide bonds. The van der Waals surface area contributed by atoms with Crippen LogP contribution in [0.3, 0.4) is 0 Å². The summed E-state index contributed by atoms with van der Waals surface area (Å²) in [7, 11) is 0. The quantitative estimate of drug-likeness (QED) is 0.862. The number of anilines is 2. The predicted molar refractivity (Wildman–Crippen MR) is 83.9 cm³/mol. The first-order chi connectivity index (χ1) is 10.1. The molecular formula is C16H18N2O2S. The number of benzene rings is 1. The molecule has 1 aromatic carbocycles. The van der Waals surface area contributed by atoms with E-state index in [9.17, 15) is 4.79 Å². The minimum absolute atomic E-state index is 0.127. The highest BCUT2D eigenvalue weighted by atomic mass is 32.1. The zero-order valence-corrected chi connectivity index (χ0v) is 13.0. The van der Waals surface area contributed by atoms with Crippen molar-refractivity contribution in [1.29, 1.82) is 0 Å². The van der Waals surface area contributed by atoms with E-state index < -0.39 is 5.60 Å². The molecule has 0 bridgehead atoms. The molecule has 1 N–H and O–H groups in total. The van der Waals surface area contributed by atoms with Gasteiger partial charge in [-0.1, -0.05) is 25.1 Å². The summed E-state index contributed by atoms with van der Waals surface area (Å²) in [5.74, 6) is -0.127. The molecule has 1 aromatic heterocycles. The highest BCUT2D eigenvalue weighted by molar-refractivity contribution is 7.13. The highest BCUT2D eigenvalue weighted by Gasteiger charge is 2.42. The van der Waals surface area contributed by atoms with Crippen LogP contribution in [0, 0.1) is 6.92 Å². The van der Waals surface area contributed by atoms with Crippen molar-refractivity contribution in [3.8, 4) is 0 Å². The lowest BCUT2D eigenvalue weighted by Gasteiger charge is -2.23. The lowest BCUT2D eigenvalue weighted by Crippen LogP contribution is -2.25. The van der Waals surface area contributed by atoms with E-state index in [-0.39, 0.29) is 5.97 Å². The maximum absolute atomic E-state index is 11.5. The number of para-hydroxylation sites is 1. The van der Waals surface area contributed by atoms with Gasteiger partial charge in [-0.2, -0.15) is 0 Å². The fraction of sp³-hybridized carbons (Fsp3) is 0.375. The SMILES string of the molecule is CC[C@]1(c2csc(Nc3ccccc3C)n2)CCC(=O)O1. The molecule has 0 spiro atoms. The molecule has 1 atom stereocenters. The number of hydrogen-bond acceptors (Lipinski definition) is 5. The first kappa shape index (κ1) is 14.1. The summed E-state index contributed by atoms with van der Waals surface area (Å²) in [6.45, 7) is 4.09. The van der Waals surface area contributed by atoms with E-state index >= 15 is 0 Å². The number of hydrogen-bond donors (Lipinski definition) is 1. The van der Waals surface area contributed by atoms with Gasteiger partial charge in [-0.05, 0) is 25.0 Å². The maximum atomic E-state index is 11.5. The van der Waals surface area contributed by atoms with Crippen molar-refractivity contribution >= 4 is 28.1 Å². The van der Waals surface area contributed by atoms with E-state index in [0.29, 0.717) is 6.42 Å². The van der Waals surface area contributed by atoms with Gasteiger partial charge < -0.3 is 10.1 Å². The molecule has 2 heterocycles. The van der Waals surface area contributed by atoms with Gasteiger partial charge in [-0.15, -0.1) is 11.3 Å². The molecule has 0 aliphatic carbocycles. The zero-order valence-electron chi connectivity index (χ0n) is 12.2. The van der Waals surface area contributed by atoms with Crippen LogP contribution in [0.25, 0.3) is 0 Å². The minimum Gasteiger partial charge on any atom is -0.452 e. The van der Waals surface area contributed by atoms with E-state index in [4.69, 9.17) is 4.74 Å². The lowest BCUT2D eigenvalue weighted by molar-refractivity contribution is -0.149. The van der Waals surface area contributed by atoms with Crippen LogP contribution in [0.2, 0.25) is 0 Å². The van der Waals surface area contributed by atoms with Gasteiger partial charge in [-0.3, -0.25) is 4.79 Å². The van der Waals surface area contributed by atoms with Gasteiger partial charge in [0.2, 0.25) is 0 Å². The number of aryl methyl sites for hydroxylation is 1. The third kappa shape index (κ3) is 2.65. The molecule has 2 aromatic rings. The molecule has 1 fully saturated rings. The molecule has 0 unspecified atom stereocenters. The van der Waals surface area contributed by atoms with Gasteiger partial charge in [-0.25, -0.2) is 4.98 Å². The lowest BCUT2D eigenvalue weighted by atomic mass is 9.94. The molecule has 0 saturated carbocycles. The minimum atomic E-state index is -0.529. The third-order valence-electron chi connectivity index (χ3n) is 3.97. The van der Waals surface area contributed by atoms with Crippen molar-refractivity contribution < 1.29 is 9.53 Å². The standard InChI is InChI=1S/C16H18N2O2S/c1-3-16(9-8-14(19)20-16)13-10-21-15(18-13)17-12-7-5-4-6-11(12)2/h4-7,10H,3,8-9H2,1-2H3,(H,17,18)/t16-/m1/s1. The van der Waals surface area contributed by atoms with Crippen LogP contribution in [0.5, 0.6) is 0 Å². The van der Waals surface area contributed by atoms with Crippen molar-refractivity contribution in [3.63, 3.8) is 0 Å². The number of carbonyl (C=O) groups is 1. The second-order valence-corrected chi connectivity index (χ2v) is 6.16. The Hall–Kier alpha value is -1.88. The fourth-order valence-corrected chi connectivity index (χ4v) is 3.41. The molecule has 3 rings (SSSR count). The van der Waals surface area contributed by atoms with E-state index in [1.165, 1.54) is 5.56 Å². The summed E-state index contributed by atoms with van der Waals surface area (Å²) in [6, 6.07) is 8.10. The van der Waals surface area contributed by atoms with Crippen molar-refractivity contribution in [2.45, 2.75) is 38.7 Å². The van der Waals surface area contributed by atoms with Crippen LogP contribution in [0.1, 0.15) is 37.4 Å². The van der Waals surface area contributed by atoms with Gasteiger partial charge in [0.15, 0.2) is 10.7 Å². The summed E-state index contributed by atoms with van der Waals surface area (Å²) in [5.41, 5.74) is 2.55. The number of thiazole rings is 1. The van der Waals surface area contributed by atoms with Crippen LogP contribution in [-0.2, 0) is 15.1 Å². The van der Waals surface area contributed by atoms with Gasteiger partial charge in [0.25, 0.3) is 0 Å². The Morgan fingerprint density at radius 1 is 1.43 bits per heavy atom. The van der Waals surface area contributed by atoms with Crippen molar-refractivity contribution in [2.75, 3.05) is 5.32 Å². The van der Waals surface area contributed by atoms with Crippen molar-refractivity contribution in [1.82, 2.24) is 4.98 Å². The van der Waals surface area contributed by atoms with E-state index in [0.717, 1.165) is 29.4 Å². The molecule has 5 heteroatoms. The molecule has 4 nitrogen and oxygen atoms in total. The number of aromatic nitrogens is 1. The summed E-state index contributed by atoms with van der Waals surface area (Å²) in [5, 5.41) is 6.15. The monoisotopic (exact) mass is 302 g/mol.